The van der Waals surface area contributed by atoms with Crippen LogP contribution in [0.25, 0.3) is 5.76 Å². The van der Waals surface area contributed by atoms with Gasteiger partial charge in [-0.3, -0.25) is 0 Å². The highest BCUT2D eigenvalue weighted by molar-refractivity contribution is 6.36. The van der Waals surface area contributed by atoms with E-state index in [1.54, 1.807) is 36.4 Å². The molecule has 34 heavy (non-hydrogen) atoms. The molecule has 176 valence electrons. The molecule has 3 rings (SSSR count). The maximum Gasteiger partial charge on any atom is 0.796 e. The van der Waals surface area contributed by atoms with Gasteiger partial charge >= 0.3 is 13.6 Å². The van der Waals surface area contributed by atoms with E-state index in [9.17, 15) is 21.8 Å². The SMILES string of the molecule is COc1ccc(C(/C=C(\OB(F)F)c2ccc(OC)cc2)=Nc2ccc(C(F)(F)F)cc2)cc1. The lowest BCUT2D eigenvalue weighted by molar-refractivity contribution is -0.137. The van der Waals surface area contributed by atoms with Gasteiger partial charge in [-0.05, 0) is 72.8 Å². The number of alkyl halides is 3. The van der Waals surface area contributed by atoms with Crippen LogP contribution in [0.3, 0.4) is 0 Å². The van der Waals surface area contributed by atoms with Gasteiger partial charge in [0.25, 0.3) is 0 Å². The molecule has 3 aromatic carbocycles. The van der Waals surface area contributed by atoms with Crippen LogP contribution in [0.4, 0.5) is 27.5 Å². The highest BCUT2D eigenvalue weighted by atomic mass is 19.4. The normalized spacial score (nSPS) is 12.3. The van der Waals surface area contributed by atoms with Gasteiger partial charge in [-0.2, -0.15) is 13.2 Å². The second-order valence-corrected chi connectivity index (χ2v) is 6.89. The number of nitrogens with zero attached hydrogens (tertiary/aromatic N) is 1. The van der Waals surface area contributed by atoms with E-state index in [0.29, 0.717) is 22.6 Å². The van der Waals surface area contributed by atoms with Gasteiger partial charge in [0.15, 0.2) is 0 Å². The molecule has 3 aromatic rings. The number of methoxy groups -OCH3 is 2. The monoisotopic (exact) mass is 475 g/mol. The van der Waals surface area contributed by atoms with Crippen molar-refractivity contribution in [3.8, 4) is 11.5 Å². The Morgan fingerprint density at radius 2 is 1.26 bits per heavy atom. The number of allylic oxidation sites excluding steroid dienone is 1. The summed E-state index contributed by atoms with van der Waals surface area (Å²) in [5, 5.41) is 0. The van der Waals surface area contributed by atoms with E-state index in [2.05, 4.69) is 4.99 Å². The van der Waals surface area contributed by atoms with Crippen LogP contribution in [0.2, 0.25) is 0 Å². The average Bonchev–Trinajstić information content (AvgIpc) is 2.83. The van der Waals surface area contributed by atoms with Crippen molar-refractivity contribution in [2.24, 2.45) is 4.99 Å². The zero-order valence-corrected chi connectivity index (χ0v) is 18.1. The molecule has 0 fully saturated rings. The molecule has 0 saturated heterocycles. The maximum absolute atomic E-state index is 13.2. The van der Waals surface area contributed by atoms with Crippen LogP contribution in [0.5, 0.6) is 11.5 Å². The number of benzene rings is 3. The fourth-order valence-electron chi connectivity index (χ4n) is 2.97. The number of halogens is 5. The lowest BCUT2D eigenvalue weighted by Crippen LogP contribution is -2.07. The molecule has 4 nitrogen and oxygen atoms in total. The summed E-state index contributed by atoms with van der Waals surface area (Å²) < 4.78 is 80.1. The van der Waals surface area contributed by atoms with Crippen molar-refractivity contribution in [2.75, 3.05) is 14.2 Å². The van der Waals surface area contributed by atoms with Gasteiger partial charge in [-0.1, -0.05) is 0 Å². The minimum absolute atomic E-state index is 0.181. The molecular weight excluding hydrogens is 456 g/mol. The van der Waals surface area contributed by atoms with E-state index in [0.717, 1.165) is 12.1 Å². The van der Waals surface area contributed by atoms with Crippen molar-refractivity contribution in [1.29, 1.82) is 0 Å². The third-order valence-electron chi connectivity index (χ3n) is 4.69. The number of ether oxygens (including phenoxy) is 2. The largest absolute Gasteiger partial charge is 0.796 e. The van der Waals surface area contributed by atoms with Crippen LogP contribution < -0.4 is 9.47 Å². The smallest absolute Gasteiger partial charge is 0.505 e. The van der Waals surface area contributed by atoms with E-state index in [1.807, 2.05) is 0 Å². The van der Waals surface area contributed by atoms with Crippen LogP contribution in [0.1, 0.15) is 16.7 Å². The summed E-state index contributed by atoms with van der Waals surface area (Å²) in [5.74, 6) is 0.897. The first kappa shape index (κ1) is 24.8. The van der Waals surface area contributed by atoms with Gasteiger partial charge < -0.3 is 14.1 Å². The highest BCUT2D eigenvalue weighted by Gasteiger charge is 2.30. The summed E-state index contributed by atoms with van der Waals surface area (Å²) in [7, 11) is -0.152. The van der Waals surface area contributed by atoms with Gasteiger partial charge in [0.1, 0.15) is 17.3 Å². The molecule has 0 aromatic heterocycles. The van der Waals surface area contributed by atoms with Gasteiger partial charge in [0, 0.05) is 17.2 Å². The second kappa shape index (κ2) is 10.9. The molecule has 0 amide bonds. The third kappa shape index (κ3) is 6.60. The van der Waals surface area contributed by atoms with E-state index in [-0.39, 0.29) is 17.2 Å². The van der Waals surface area contributed by atoms with Crippen LogP contribution >= 0.6 is 0 Å². The molecule has 0 aliphatic carbocycles. The Morgan fingerprint density at radius 3 is 1.71 bits per heavy atom. The summed E-state index contributed by atoms with van der Waals surface area (Å²) in [4.78, 5) is 4.40. The minimum Gasteiger partial charge on any atom is -0.505 e. The lowest BCUT2D eigenvalue weighted by atomic mass is 10.1. The average molecular weight is 475 g/mol. The van der Waals surface area contributed by atoms with Crippen molar-refractivity contribution in [3.05, 3.63) is 95.6 Å². The third-order valence-corrected chi connectivity index (χ3v) is 4.69. The van der Waals surface area contributed by atoms with E-state index >= 15 is 0 Å². The molecule has 0 bridgehead atoms. The molecule has 0 atom stereocenters. The van der Waals surface area contributed by atoms with Gasteiger partial charge in [0.2, 0.25) is 0 Å². The zero-order chi connectivity index (χ0) is 24.7. The topological polar surface area (TPSA) is 40.0 Å². The summed E-state index contributed by atoms with van der Waals surface area (Å²) in [6.07, 6.45) is -3.19. The molecule has 0 aliphatic heterocycles. The first-order valence-corrected chi connectivity index (χ1v) is 9.91. The Bertz CT molecular complexity index is 1140. The summed E-state index contributed by atoms with van der Waals surface area (Å²) in [6.45, 7) is 0. The Kier molecular flexibility index (Phi) is 7.93. The second-order valence-electron chi connectivity index (χ2n) is 6.89. The summed E-state index contributed by atoms with van der Waals surface area (Å²) in [5.41, 5.74) is 0.391. The quantitative estimate of drug-likeness (QED) is 0.155. The Morgan fingerprint density at radius 1 is 0.765 bits per heavy atom. The van der Waals surface area contributed by atoms with Crippen molar-refractivity contribution < 1.29 is 35.9 Å². The van der Waals surface area contributed by atoms with Crippen LogP contribution in [0.15, 0.2) is 83.9 Å². The lowest BCUT2D eigenvalue weighted by Gasteiger charge is -2.12. The molecule has 0 radical (unpaired) electrons. The van der Waals surface area contributed by atoms with Crippen molar-refractivity contribution in [2.45, 2.75) is 6.18 Å². The van der Waals surface area contributed by atoms with Crippen molar-refractivity contribution in [1.82, 2.24) is 0 Å². The summed E-state index contributed by atoms with van der Waals surface area (Å²) >= 11 is 0. The van der Waals surface area contributed by atoms with Crippen LogP contribution in [-0.4, -0.2) is 27.4 Å². The van der Waals surface area contributed by atoms with E-state index in [1.165, 1.54) is 44.6 Å². The van der Waals surface area contributed by atoms with E-state index in [4.69, 9.17) is 14.1 Å². The molecular formula is C24H19BF5NO3. The molecule has 0 N–H and O–H groups in total. The number of aliphatic imine (C=N–C) groups is 1. The number of rotatable bonds is 8. The minimum atomic E-state index is -4.49. The van der Waals surface area contributed by atoms with Crippen LogP contribution in [0, 0.1) is 0 Å². The zero-order valence-electron chi connectivity index (χ0n) is 18.1. The van der Waals surface area contributed by atoms with Gasteiger partial charge in [0.05, 0.1) is 31.2 Å². The van der Waals surface area contributed by atoms with Crippen molar-refractivity contribution in [3.63, 3.8) is 0 Å². The maximum atomic E-state index is 13.2. The molecule has 0 aliphatic rings. The fraction of sp³-hybridized carbons (Fsp3) is 0.125. The Balaban J connectivity index is 2.11. The molecule has 0 unspecified atom stereocenters. The Hall–Kier alpha value is -3.82. The van der Waals surface area contributed by atoms with E-state index < -0.39 is 19.2 Å². The number of hydrogen-bond donors (Lipinski definition) is 0. The predicted octanol–water partition coefficient (Wildman–Crippen LogP) is 6.83. The van der Waals surface area contributed by atoms with Crippen LogP contribution in [-0.2, 0) is 10.8 Å². The Labute approximate surface area is 193 Å². The van der Waals surface area contributed by atoms with Gasteiger partial charge in [-0.25, -0.2) is 13.6 Å². The fourth-order valence-corrected chi connectivity index (χ4v) is 2.97. The van der Waals surface area contributed by atoms with Crippen molar-refractivity contribution >= 4 is 24.6 Å². The molecule has 0 saturated carbocycles. The number of hydrogen-bond acceptors (Lipinski definition) is 4. The first-order chi connectivity index (χ1) is 16.2. The predicted molar refractivity (Wildman–Crippen MR) is 121 cm³/mol. The highest BCUT2D eigenvalue weighted by Crippen LogP contribution is 2.31. The standard InChI is InChI=1S/C24H19BF5NO3/c1-32-20-11-3-16(4-12-20)22(31-19-9-7-18(8-10-19)24(26,27)28)15-23(34-25(29)30)17-5-13-21(33-2)14-6-17/h3-15H,1-2H3/b23-15-,31-22?. The first-order valence-electron chi connectivity index (χ1n) is 9.91. The molecule has 10 heteroatoms. The molecule has 0 heterocycles. The summed E-state index contributed by atoms with van der Waals surface area (Å²) in [6, 6.07) is 17.0. The van der Waals surface area contributed by atoms with Gasteiger partial charge in [-0.15, -0.1) is 0 Å². The molecule has 0 spiro atoms.